The summed E-state index contributed by atoms with van der Waals surface area (Å²) >= 11 is 6.09. The molecule has 1 aromatic carbocycles. The summed E-state index contributed by atoms with van der Waals surface area (Å²) in [5.41, 5.74) is 3.78. The maximum absolute atomic E-state index is 6.09. The van der Waals surface area contributed by atoms with Crippen molar-refractivity contribution in [2.45, 2.75) is 34.1 Å². The van der Waals surface area contributed by atoms with Gasteiger partial charge < -0.3 is 0 Å². The molecule has 0 spiro atoms. The van der Waals surface area contributed by atoms with Crippen LogP contribution in [0.4, 0.5) is 0 Å². The highest BCUT2D eigenvalue weighted by atomic mass is 35.5. The Bertz CT molecular complexity index is 277. The molecule has 0 saturated carbocycles. The van der Waals surface area contributed by atoms with E-state index in [-0.39, 0.29) is 0 Å². The summed E-state index contributed by atoms with van der Waals surface area (Å²) in [6.45, 7) is 8.61. The number of hydrogen-bond acceptors (Lipinski definition) is 0. The molecule has 1 aromatic rings. The van der Waals surface area contributed by atoms with Gasteiger partial charge in [-0.15, -0.1) is 0 Å². The van der Waals surface area contributed by atoms with Crippen molar-refractivity contribution in [2.24, 2.45) is 5.92 Å². The highest BCUT2D eigenvalue weighted by Gasteiger charge is 2.03. The van der Waals surface area contributed by atoms with Gasteiger partial charge in [-0.25, -0.2) is 0 Å². The van der Waals surface area contributed by atoms with Crippen molar-refractivity contribution in [3.05, 3.63) is 33.8 Å². The molecule has 1 rings (SSSR count). The monoisotopic (exact) mass is 196 g/mol. The van der Waals surface area contributed by atoms with Crippen LogP contribution < -0.4 is 0 Å². The van der Waals surface area contributed by atoms with Crippen LogP contribution in [0.3, 0.4) is 0 Å². The Balaban J connectivity index is 2.99. The third kappa shape index (κ3) is 2.73. The third-order valence-corrected chi connectivity index (χ3v) is 2.74. The van der Waals surface area contributed by atoms with E-state index >= 15 is 0 Å². The van der Waals surface area contributed by atoms with Crippen LogP contribution in [0.15, 0.2) is 12.1 Å². The van der Waals surface area contributed by atoms with E-state index in [4.69, 9.17) is 11.6 Å². The molecule has 13 heavy (non-hydrogen) atoms. The van der Waals surface area contributed by atoms with E-state index in [1.807, 2.05) is 0 Å². The number of aryl methyl sites for hydroxylation is 2. The van der Waals surface area contributed by atoms with Crippen molar-refractivity contribution >= 4 is 11.6 Å². The Kier molecular flexibility index (Phi) is 3.38. The zero-order valence-electron chi connectivity index (χ0n) is 8.82. The fraction of sp³-hybridized carbons (Fsp3) is 0.500. The zero-order valence-corrected chi connectivity index (χ0v) is 9.57. The van der Waals surface area contributed by atoms with Crippen molar-refractivity contribution in [1.82, 2.24) is 0 Å². The first-order valence-corrected chi connectivity index (χ1v) is 5.14. The van der Waals surface area contributed by atoms with E-state index in [1.165, 1.54) is 16.7 Å². The molecule has 0 aliphatic carbocycles. The van der Waals surface area contributed by atoms with Crippen LogP contribution in [0.25, 0.3) is 0 Å². The van der Waals surface area contributed by atoms with E-state index < -0.39 is 0 Å². The van der Waals surface area contributed by atoms with Crippen molar-refractivity contribution in [2.75, 3.05) is 0 Å². The minimum Gasteiger partial charge on any atom is -0.0838 e. The molecule has 0 aromatic heterocycles. The Morgan fingerprint density at radius 3 is 2.00 bits per heavy atom. The first-order chi connectivity index (χ1) is 6.00. The summed E-state index contributed by atoms with van der Waals surface area (Å²) in [7, 11) is 0. The van der Waals surface area contributed by atoms with Crippen LogP contribution in [0.5, 0.6) is 0 Å². The molecule has 0 saturated heterocycles. The lowest BCUT2D eigenvalue weighted by Crippen LogP contribution is -1.95. The predicted octanol–water partition coefficient (Wildman–Crippen LogP) is 4.16. The van der Waals surface area contributed by atoms with Gasteiger partial charge in [0.15, 0.2) is 0 Å². The molecule has 0 N–H and O–H groups in total. The molecule has 0 atom stereocenters. The molecule has 0 heterocycles. The average molecular weight is 197 g/mol. The molecule has 1 heteroatoms. The van der Waals surface area contributed by atoms with Gasteiger partial charge in [0.25, 0.3) is 0 Å². The van der Waals surface area contributed by atoms with Gasteiger partial charge in [-0.2, -0.15) is 0 Å². The lowest BCUT2D eigenvalue weighted by atomic mass is 9.99. The van der Waals surface area contributed by atoms with Gasteiger partial charge in [-0.05, 0) is 42.9 Å². The van der Waals surface area contributed by atoms with Crippen LogP contribution in [-0.2, 0) is 6.42 Å². The summed E-state index contributed by atoms with van der Waals surface area (Å²) in [6, 6.07) is 4.38. The molecule has 0 aliphatic heterocycles. The molecule has 0 unspecified atom stereocenters. The molecule has 0 amide bonds. The van der Waals surface area contributed by atoms with Crippen molar-refractivity contribution in [1.29, 1.82) is 0 Å². The number of hydrogen-bond donors (Lipinski definition) is 0. The number of benzene rings is 1. The Morgan fingerprint density at radius 2 is 1.62 bits per heavy atom. The second-order valence-electron chi connectivity index (χ2n) is 4.14. The fourth-order valence-electron chi connectivity index (χ4n) is 1.62. The van der Waals surface area contributed by atoms with Gasteiger partial charge in [-0.3, -0.25) is 0 Å². The Labute approximate surface area is 85.9 Å². The molecular weight excluding hydrogens is 180 g/mol. The standard InChI is InChI=1S/C12H17Cl/c1-8(2)5-11-6-9(3)12(13)10(4)7-11/h6-8H,5H2,1-4H3. The minimum atomic E-state index is 0.708. The van der Waals surface area contributed by atoms with Crippen LogP contribution in [0.1, 0.15) is 30.5 Å². The van der Waals surface area contributed by atoms with Crippen molar-refractivity contribution in [3.63, 3.8) is 0 Å². The van der Waals surface area contributed by atoms with E-state index in [9.17, 15) is 0 Å². The maximum atomic E-state index is 6.09. The highest BCUT2D eigenvalue weighted by molar-refractivity contribution is 6.32. The second-order valence-corrected chi connectivity index (χ2v) is 4.52. The van der Waals surface area contributed by atoms with E-state index in [1.54, 1.807) is 0 Å². The van der Waals surface area contributed by atoms with Gasteiger partial charge in [0.05, 0.1) is 0 Å². The van der Waals surface area contributed by atoms with Gasteiger partial charge in [0, 0.05) is 5.02 Å². The minimum absolute atomic E-state index is 0.708. The van der Waals surface area contributed by atoms with E-state index in [0.717, 1.165) is 11.4 Å². The molecule has 0 aliphatic rings. The SMILES string of the molecule is Cc1cc(CC(C)C)cc(C)c1Cl. The Morgan fingerprint density at radius 1 is 1.15 bits per heavy atom. The lowest BCUT2D eigenvalue weighted by molar-refractivity contribution is 0.647. The first-order valence-electron chi connectivity index (χ1n) is 4.76. The summed E-state index contributed by atoms with van der Waals surface area (Å²) in [5.74, 6) is 0.708. The normalized spacial score (nSPS) is 10.9. The summed E-state index contributed by atoms with van der Waals surface area (Å²) in [6.07, 6.45) is 1.14. The van der Waals surface area contributed by atoms with Gasteiger partial charge in [0.1, 0.15) is 0 Å². The molecule has 0 bridgehead atoms. The Hall–Kier alpha value is -0.490. The molecule has 0 nitrogen and oxygen atoms in total. The van der Waals surface area contributed by atoms with Crippen LogP contribution in [0, 0.1) is 19.8 Å². The van der Waals surface area contributed by atoms with Gasteiger partial charge in [-0.1, -0.05) is 37.6 Å². The predicted molar refractivity (Wildman–Crippen MR) is 59.5 cm³/mol. The fourth-order valence-corrected chi connectivity index (χ4v) is 1.73. The van der Waals surface area contributed by atoms with Gasteiger partial charge >= 0.3 is 0 Å². The zero-order chi connectivity index (χ0) is 10.0. The van der Waals surface area contributed by atoms with E-state index in [2.05, 4.69) is 39.8 Å². The summed E-state index contributed by atoms with van der Waals surface area (Å²) < 4.78 is 0. The van der Waals surface area contributed by atoms with Gasteiger partial charge in [0.2, 0.25) is 0 Å². The topological polar surface area (TPSA) is 0 Å². The number of halogens is 1. The lowest BCUT2D eigenvalue weighted by Gasteiger charge is -2.09. The average Bonchev–Trinajstić information content (AvgIpc) is 1.98. The van der Waals surface area contributed by atoms with E-state index in [0.29, 0.717) is 5.92 Å². The maximum Gasteiger partial charge on any atom is 0.0464 e. The number of rotatable bonds is 2. The highest BCUT2D eigenvalue weighted by Crippen LogP contribution is 2.23. The first kappa shape index (κ1) is 10.6. The summed E-state index contributed by atoms with van der Waals surface area (Å²) in [4.78, 5) is 0. The molecule has 0 radical (unpaired) electrons. The van der Waals surface area contributed by atoms with Crippen LogP contribution in [0.2, 0.25) is 5.02 Å². The van der Waals surface area contributed by atoms with Crippen molar-refractivity contribution < 1.29 is 0 Å². The molecule has 0 fully saturated rings. The molecule has 72 valence electrons. The quantitative estimate of drug-likeness (QED) is 0.667. The summed E-state index contributed by atoms with van der Waals surface area (Å²) in [5, 5.41) is 0.910. The van der Waals surface area contributed by atoms with Crippen LogP contribution in [-0.4, -0.2) is 0 Å². The second kappa shape index (κ2) is 4.15. The van der Waals surface area contributed by atoms with Crippen LogP contribution >= 0.6 is 11.6 Å². The smallest absolute Gasteiger partial charge is 0.0464 e. The largest absolute Gasteiger partial charge is 0.0838 e. The third-order valence-electron chi connectivity index (χ3n) is 2.14. The molecular formula is C12H17Cl. The van der Waals surface area contributed by atoms with Crippen molar-refractivity contribution in [3.8, 4) is 0 Å².